The predicted molar refractivity (Wildman–Crippen MR) is 226 cm³/mol. The van der Waals surface area contributed by atoms with Crippen molar-refractivity contribution in [3.8, 4) is 0 Å². The van der Waals surface area contributed by atoms with E-state index in [1.807, 2.05) is 12.2 Å². The molecule has 0 aromatic carbocycles. The predicted octanol–water partition coefficient (Wildman–Crippen LogP) is 8.97. The van der Waals surface area contributed by atoms with E-state index >= 15 is 0 Å². The molecule has 14 nitrogen and oxygen atoms in total. The standard InChI is InChI=1S/C44H76NO13P/c1-3-5-7-8-9-10-11-12-13-14-15-16-17-18-23-27-42(47)53-32-36(33-54-59(51,52)55-34-39(45)44(49)50)56-43(48)28-24-20-19-22-26-37-38(41-31-40(37)57-58-41)30-29-35(46)25-21-6-4-2/h12-13,19,22,29-30,35-41,46H,3-11,14-18,20-21,23-28,31-34,45H2,1-2H3,(H,49,50)(H,51,52)/b13-12-,22-19-,30-29+. The van der Waals surface area contributed by atoms with Gasteiger partial charge < -0.3 is 30.3 Å². The molecule has 0 aromatic heterocycles. The lowest BCUT2D eigenvalue weighted by Gasteiger charge is -2.27. The molecule has 2 rings (SSSR count). The van der Waals surface area contributed by atoms with Gasteiger partial charge in [0.1, 0.15) is 18.8 Å². The van der Waals surface area contributed by atoms with E-state index < -0.39 is 63.8 Å². The van der Waals surface area contributed by atoms with Gasteiger partial charge >= 0.3 is 25.7 Å². The first-order valence-corrected chi connectivity index (χ1v) is 23.9. The number of carboxylic acids is 1. The number of allylic oxidation sites excluding steroid dienone is 4. The van der Waals surface area contributed by atoms with Crippen LogP contribution in [0.25, 0.3) is 0 Å². The van der Waals surface area contributed by atoms with E-state index in [1.54, 1.807) is 0 Å². The van der Waals surface area contributed by atoms with E-state index in [-0.39, 0.29) is 36.9 Å². The molecular weight excluding hydrogens is 781 g/mol. The first kappa shape index (κ1) is 52.7. The molecule has 1 aliphatic carbocycles. The molecule has 1 aliphatic heterocycles. The average Bonchev–Trinajstić information content (AvgIpc) is 3.82. The summed E-state index contributed by atoms with van der Waals surface area (Å²) in [5, 5.41) is 19.3. The quantitative estimate of drug-likeness (QED) is 0.0151. The normalized spacial score (nSPS) is 21.6. The lowest BCUT2D eigenvalue weighted by molar-refractivity contribution is -0.336. The summed E-state index contributed by atoms with van der Waals surface area (Å²) in [4.78, 5) is 57.2. The number of hydrogen-bond donors (Lipinski definition) is 4. The van der Waals surface area contributed by atoms with Gasteiger partial charge in [0.2, 0.25) is 0 Å². The Labute approximate surface area is 353 Å². The number of carbonyl (C=O) groups excluding carboxylic acids is 2. The largest absolute Gasteiger partial charge is 0.480 e. The van der Waals surface area contributed by atoms with Crippen molar-refractivity contribution in [3.63, 3.8) is 0 Å². The van der Waals surface area contributed by atoms with Gasteiger partial charge in [-0.3, -0.25) is 23.4 Å². The molecule has 0 radical (unpaired) electrons. The fourth-order valence-electron chi connectivity index (χ4n) is 7.13. The minimum absolute atomic E-state index is 0.00442. The number of aliphatic hydroxyl groups excluding tert-OH is 1. The number of unbranched alkanes of at least 4 members (excludes halogenated alkanes) is 14. The maximum atomic E-state index is 12.8. The molecule has 15 heteroatoms. The zero-order valence-electron chi connectivity index (χ0n) is 35.8. The van der Waals surface area contributed by atoms with E-state index in [1.165, 1.54) is 38.5 Å². The monoisotopic (exact) mass is 858 g/mol. The third-order valence-corrected chi connectivity index (χ3v) is 11.6. The Bertz CT molecular complexity index is 1290. The van der Waals surface area contributed by atoms with Crippen LogP contribution in [-0.2, 0) is 47.2 Å². The van der Waals surface area contributed by atoms with Crippen LogP contribution in [0.4, 0.5) is 0 Å². The van der Waals surface area contributed by atoms with Crippen LogP contribution in [0.15, 0.2) is 36.5 Å². The Morgan fingerprint density at radius 2 is 1.32 bits per heavy atom. The van der Waals surface area contributed by atoms with Crippen LogP contribution in [0.1, 0.15) is 162 Å². The molecule has 2 bridgehead atoms. The van der Waals surface area contributed by atoms with Crippen LogP contribution in [0.3, 0.4) is 0 Å². The summed E-state index contributed by atoms with van der Waals surface area (Å²) >= 11 is 0. The smallest absolute Gasteiger partial charge is 0.472 e. The summed E-state index contributed by atoms with van der Waals surface area (Å²) in [6.07, 6.45) is 32.4. The molecule has 5 N–H and O–H groups in total. The molecule has 8 atom stereocenters. The number of aliphatic carboxylic acids is 1. The van der Waals surface area contributed by atoms with Gasteiger partial charge in [0.25, 0.3) is 0 Å². The van der Waals surface area contributed by atoms with Crippen molar-refractivity contribution in [1.82, 2.24) is 0 Å². The molecule has 2 aliphatic rings. The Kier molecular flexibility index (Phi) is 28.9. The van der Waals surface area contributed by atoms with E-state index in [9.17, 15) is 28.9 Å². The topological polar surface area (TPSA) is 210 Å². The number of carboxylic acid groups (broad SMARTS) is 1. The van der Waals surface area contributed by atoms with Crippen molar-refractivity contribution in [3.05, 3.63) is 36.5 Å². The van der Waals surface area contributed by atoms with Gasteiger partial charge in [-0.2, -0.15) is 0 Å². The lowest BCUT2D eigenvalue weighted by Crippen LogP contribution is -2.34. The molecular formula is C44H76NO13P. The molecule has 1 saturated carbocycles. The van der Waals surface area contributed by atoms with Crippen molar-refractivity contribution < 1.29 is 62.4 Å². The van der Waals surface area contributed by atoms with Crippen LogP contribution >= 0.6 is 7.82 Å². The summed E-state index contributed by atoms with van der Waals surface area (Å²) < 4.78 is 32.8. The number of hydrogen-bond acceptors (Lipinski definition) is 12. The molecule has 8 unspecified atom stereocenters. The second-order valence-electron chi connectivity index (χ2n) is 15.9. The maximum Gasteiger partial charge on any atom is 0.472 e. The highest BCUT2D eigenvalue weighted by Crippen LogP contribution is 2.45. The highest BCUT2D eigenvalue weighted by Gasteiger charge is 2.49. The lowest BCUT2D eigenvalue weighted by atomic mass is 9.89. The molecule has 0 amide bonds. The number of esters is 2. The highest BCUT2D eigenvalue weighted by atomic mass is 31.2. The third-order valence-electron chi connectivity index (χ3n) is 10.7. The Hall–Kier alpha value is -2.42. The zero-order valence-corrected chi connectivity index (χ0v) is 36.7. The molecule has 0 aromatic rings. The SMILES string of the molecule is CCCCCCCC/C=C\CCCCCCCC(=O)OCC(COP(=O)(O)OCC(N)C(=O)O)OC(=O)CCC/C=C\CC1C2CC(OO2)C1/C=C/C(O)CCCCC. The van der Waals surface area contributed by atoms with Gasteiger partial charge in [0.05, 0.1) is 25.4 Å². The summed E-state index contributed by atoms with van der Waals surface area (Å²) in [6, 6.07) is -1.55. The summed E-state index contributed by atoms with van der Waals surface area (Å²) in [6.45, 7) is 2.55. The van der Waals surface area contributed by atoms with Gasteiger partial charge in [-0.25, -0.2) is 14.3 Å². The zero-order chi connectivity index (χ0) is 43.1. The number of ether oxygens (including phenoxy) is 2. The number of phosphoric acid groups is 1. The Morgan fingerprint density at radius 1 is 0.746 bits per heavy atom. The van der Waals surface area contributed by atoms with E-state index in [2.05, 4.69) is 42.7 Å². The number of nitrogens with two attached hydrogens (primary N) is 1. The van der Waals surface area contributed by atoms with Crippen LogP contribution < -0.4 is 5.73 Å². The number of aliphatic hydroxyl groups is 1. The van der Waals surface area contributed by atoms with E-state index in [0.29, 0.717) is 19.3 Å². The Morgan fingerprint density at radius 3 is 2.02 bits per heavy atom. The molecule has 59 heavy (non-hydrogen) atoms. The van der Waals surface area contributed by atoms with E-state index in [4.69, 9.17) is 34.6 Å². The van der Waals surface area contributed by atoms with Gasteiger partial charge in [-0.15, -0.1) is 0 Å². The molecule has 340 valence electrons. The van der Waals surface area contributed by atoms with Crippen molar-refractivity contribution >= 4 is 25.7 Å². The maximum absolute atomic E-state index is 12.8. The molecule has 2 fully saturated rings. The molecule has 0 spiro atoms. The fourth-order valence-corrected chi connectivity index (χ4v) is 7.91. The molecule has 1 heterocycles. The first-order chi connectivity index (χ1) is 28.5. The fraction of sp³-hybridized carbons (Fsp3) is 0.795. The third kappa shape index (κ3) is 25.2. The minimum atomic E-state index is -4.77. The summed E-state index contributed by atoms with van der Waals surface area (Å²) in [7, 11) is -4.77. The minimum Gasteiger partial charge on any atom is -0.480 e. The first-order valence-electron chi connectivity index (χ1n) is 22.4. The van der Waals surface area contributed by atoms with Crippen molar-refractivity contribution in [2.45, 2.75) is 192 Å². The van der Waals surface area contributed by atoms with Crippen LogP contribution in [-0.4, -0.2) is 83.3 Å². The Balaban J connectivity index is 1.73. The summed E-state index contributed by atoms with van der Waals surface area (Å²) in [5.41, 5.74) is 5.34. The van der Waals surface area contributed by atoms with Gasteiger partial charge in [-0.1, -0.05) is 121 Å². The van der Waals surface area contributed by atoms with Crippen molar-refractivity contribution in [2.75, 3.05) is 19.8 Å². The number of fused-ring (bicyclic) bond motifs is 2. The van der Waals surface area contributed by atoms with Gasteiger partial charge in [-0.05, 0) is 57.8 Å². The number of phosphoric ester groups is 1. The molecule has 1 saturated heterocycles. The van der Waals surface area contributed by atoms with E-state index in [0.717, 1.165) is 77.0 Å². The number of rotatable bonds is 37. The van der Waals surface area contributed by atoms with Crippen LogP contribution in [0, 0.1) is 11.8 Å². The van der Waals surface area contributed by atoms with Crippen molar-refractivity contribution in [2.24, 2.45) is 17.6 Å². The number of carbonyl (C=O) groups is 3. The van der Waals surface area contributed by atoms with Crippen LogP contribution in [0.2, 0.25) is 0 Å². The highest BCUT2D eigenvalue weighted by molar-refractivity contribution is 7.47. The van der Waals surface area contributed by atoms with Gasteiger partial charge in [0.15, 0.2) is 6.10 Å². The average molecular weight is 858 g/mol. The van der Waals surface area contributed by atoms with Crippen molar-refractivity contribution in [1.29, 1.82) is 0 Å². The van der Waals surface area contributed by atoms with Crippen LogP contribution in [0.5, 0.6) is 0 Å². The second kappa shape index (κ2) is 32.3. The second-order valence-corrected chi connectivity index (χ2v) is 17.4. The summed E-state index contributed by atoms with van der Waals surface area (Å²) in [5.74, 6) is -2.15. The van der Waals surface area contributed by atoms with Gasteiger partial charge in [0, 0.05) is 31.1 Å².